The second-order valence-electron chi connectivity index (χ2n) is 5.84. The van der Waals surface area contributed by atoms with Crippen LogP contribution in [0.2, 0.25) is 18.1 Å². The van der Waals surface area contributed by atoms with Gasteiger partial charge in [0.15, 0.2) is 8.32 Å². The van der Waals surface area contributed by atoms with E-state index >= 15 is 0 Å². The summed E-state index contributed by atoms with van der Waals surface area (Å²) in [4.78, 5) is 0. The lowest BCUT2D eigenvalue weighted by atomic mass is 10.2. The zero-order valence-corrected chi connectivity index (χ0v) is 11.7. The zero-order chi connectivity index (χ0) is 11.7. The molecule has 0 aromatic heterocycles. The van der Waals surface area contributed by atoms with Crippen LogP contribution in [0.3, 0.4) is 0 Å². The van der Waals surface area contributed by atoms with Crippen LogP contribution in [-0.2, 0) is 9.16 Å². The molecule has 0 N–H and O–H groups in total. The third-order valence-corrected chi connectivity index (χ3v) is 8.02. The van der Waals surface area contributed by atoms with E-state index in [1.165, 1.54) is 5.57 Å². The standard InChI is InChI=1S/C12H24O2Si/c1-10(11-9-13-11)7-8-14-15(5,6)12(2,3)4/h11H,1,7-9H2,2-6H3. The molecular formula is C12H24O2Si. The third-order valence-electron chi connectivity index (χ3n) is 3.48. The predicted molar refractivity (Wildman–Crippen MR) is 66.6 cm³/mol. The van der Waals surface area contributed by atoms with E-state index in [1.807, 2.05) is 0 Å². The summed E-state index contributed by atoms with van der Waals surface area (Å²) >= 11 is 0. The van der Waals surface area contributed by atoms with Crippen molar-refractivity contribution in [1.29, 1.82) is 0 Å². The molecule has 1 rings (SSSR count). The average molecular weight is 228 g/mol. The maximum atomic E-state index is 6.06. The van der Waals surface area contributed by atoms with Crippen molar-refractivity contribution in [2.45, 2.75) is 51.4 Å². The van der Waals surface area contributed by atoms with Gasteiger partial charge in [-0.2, -0.15) is 0 Å². The van der Waals surface area contributed by atoms with Crippen LogP contribution in [0.15, 0.2) is 12.2 Å². The molecule has 2 nitrogen and oxygen atoms in total. The molecule has 0 saturated carbocycles. The molecule has 1 aliphatic heterocycles. The van der Waals surface area contributed by atoms with Gasteiger partial charge in [0.1, 0.15) is 6.10 Å². The van der Waals surface area contributed by atoms with Gasteiger partial charge in [-0.1, -0.05) is 27.4 Å². The zero-order valence-electron chi connectivity index (χ0n) is 10.7. The molecule has 0 aliphatic carbocycles. The average Bonchev–Trinajstić information content (AvgIpc) is 2.83. The Morgan fingerprint density at radius 1 is 1.47 bits per heavy atom. The first kappa shape index (κ1) is 12.9. The van der Waals surface area contributed by atoms with E-state index in [-0.39, 0.29) is 0 Å². The van der Waals surface area contributed by atoms with Gasteiger partial charge in [0, 0.05) is 6.61 Å². The SMILES string of the molecule is C=C(CCO[Si](C)(C)C(C)(C)C)C1CO1. The van der Waals surface area contributed by atoms with Crippen LogP contribution in [0.4, 0.5) is 0 Å². The van der Waals surface area contributed by atoms with Gasteiger partial charge in [0.05, 0.1) is 6.61 Å². The summed E-state index contributed by atoms with van der Waals surface area (Å²) in [6, 6.07) is 0. The highest BCUT2D eigenvalue weighted by Crippen LogP contribution is 2.36. The minimum atomic E-state index is -1.57. The Labute approximate surface area is 94.8 Å². The van der Waals surface area contributed by atoms with E-state index in [0.717, 1.165) is 19.6 Å². The third kappa shape index (κ3) is 3.74. The number of rotatable bonds is 5. The summed E-state index contributed by atoms with van der Waals surface area (Å²) < 4.78 is 11.2. The summed E-state index contributed by atoms with van der Waals surface area (Å²) in [6.07, 6.45) is 1.27. The number of hydrogen-bond acceptors (Lipinski definition) is 2. The monoisotopic (exact) mass is 228 g/mol. The molecule has 0 bridgehead atoms. The molecule has 0 aromatic carbocycles. The first-order valence-corrected chi connectivity index (χ1v) is 8.58. The maximum absolute atomic E-state index is 6.06. The summed E-state index contributed by atoms with van der Waals surface area (Å²) in [5, 5.41) is 0.296. The van der Waals surface area contributed by atoms with Gasteiger partial charge >= 0.3 is 0 Å². The van der Waals surface area contributed by atoms with Crippen LogP contribution in [-0.4, -0.2) is 27.6 Å². The number of ether oxygens (including phenoxy) is 1. The van der Waals surface area contributed by atoms with Crippen molar-refractivity contribution in [2.24, 2.45) is 0 Å². The van der Waals surface area contributed by atoms with Crippen molar-refractivity contribution in [2.75, 3.05) is 13.2 Å². The fraction of sp³-hybridized carbons (Fsp3) is 0.833. The molecule has 3 heteroatoms. The lowest BCUT2D eigenvalue weighted by molar-refractivity contribution is 0.288. The largest absolute Gasteiger partial charge is 0.417 e. The van der Waals surface area contributed by atoms with Gasteiger partial charge in [-0.25, -0.2) is 0 Å². The fourth-order valence-corrected chi connectivity index (χ4v) is 2.14. The molecule has 1 atom stereocenters. The Bertz CT molecular complexity index is 236. The lowest BCUT2D eigenvalue weighted by Crippen LogP contribution is -2.41. The molecule has 0 aromatic rings. The molecule has 1 aliphatic rings. The smallest absolute Gasteiger partial charge is 0.191 e. The molecule has 15 heavy (non-hydrogen) atoms. The van der Waals surface area contributed by atoms with Crippen LogP contribution in [0, 0.1) is 0 Å². The molecule has 0 amide bonds. The van der Waals surface area contributed by atoms with Gasteiger partial charge in [0.2, 0.25) is 0 Å². The van der Waals surface area contributed by atoms with Crippen LogP contribution in [0.5, 0.6) is 0 Å². The Morgan fingerprint density at radius 2 is 2.00 bits per heavy atom. The first-order chi connectivity index (χ1) is 6.74. The molecule has 1 fully saturated rings. The summed E-state index contributed by atoms with van der Waals surface area (Å²) in [7, 11) is -1.57. The molecular weight excluding hydrogens is 204 g/mol. The highest BCUT2D eigenvalue weighted by Gasteiger charge is 2.37. The normalized spacial score (nSPS) is 21.5. The van der Waals surface area contributed by atoms with E-state index in [4.69, 9.17) is 9.16 Å². The summed E-state index contributed by atoms with van der Waals surface area (Å²) in [5.74, 6) is 0. The van der Waals surface area contributed by atoms with Crippen molar-refractivity contribution in [3.05, 3.63) is 12.2 Å². The van der Waals surface area contributed by atoms with E-state index in [1.54, 1.807) is 0 Å². The Morgan fingerprint density at radius 3 is 2.40 bits per heavy atom. The second kappa shape index (κ2) is 4.40. The van der Waals surface area contributed by atoms with Crippen molar-refractivity contribution in [3.63, 3.8) is 0 Å². The molecule has 1 unspecified atom stereocenters. The highest BCUT2D eigenvalue weighted by molar-refractivity contribution is 6.74. The number of epoxide rings is 1. The van der Waals surface area contributed by atoms with E-state index in [2.05, 4.69) is 40.4 Å². The van der Waals surface area contributed by atoms with Crippen LogP contribution in [0.1, 0.15) is 27.2 Å². The summed E-state index contributed by atoms with van der Waals surface area (Å²) in [5.41, 5.74) is 1.19. The second-order valence-corrected chi connectivity index (χ2v) is 10.6. The van der Waals surface area contributed by atoms with Crippen molar-refractivity contribution in [1.82, 2.24) is 0 Å². The lowest BCUT2D eigenvalue weighted by Gasteiger charge is -2.36. The van der Waals surface area contributed by atoms with E-state index in [9.17, 15) is 0 Å². The van der Waals surface area contributed by atoms with Gasteiger partial charge < -0.3 is 9.16 Å². The van der Waals surface area contributed by atoms with Crippen LogP contribution < -0.4 is 0 Å². The van der Waals surface area contributed by atoms with Gasteiger partial charge in [-0.3, -0.25) is 0 Å². The van der Waals surface area contributed by atoms with Crippen molar-refractivity contribution >= 4 is 8.32 Å². The van der Waals surface area contributed by atoms with Crippen LogP contribution in [0.25, 0.3) is 0 Å². The first-order valence-electron chi connectivity index (χ1n) is 5.67. The van der Waals surface area contributed by atoms with Crippen molar-refractivity contribution in [3.8, 4) is 0 Å². The van der Waals surface area contributed by atoms with Gasteiger partial charge in [-0.05, 0) is 30.1 Å². The Kier molecular flexibility index (Phi) is 3.79. The Balaban J connectivity index is 2.26. The van der Waals surface area contributed by atoms with Crippen LogP contribution >= 0.6 is 0 Å². The van der Waals surface area contributed by atoms with Gasteiger partial charge in [0.25, 0.3) is 0 Å². The van der Waals surface area contributed by atoms with E-state index in [0.29, 0.717) is 11.1 Å². The van der Waals surface area contributed by atoms with Crippen molar-refractivity contribution < 1.29 is 9.16 Å². The molecule has 0 spiro atoms. The quantitative estimate of drug-likeness (QED) is 0.409. The maximum Gasteiger partial charge on any atom is 0.191 e. The molecule has 1 heterocycles. The highest BCUT2D eigenvalue weighted by atomic mass is 28.4. The van der Waals surface area contributed by atoms with Gasteiger partial charge in [-0.15, -0.1) is 0 Å². The minimum absolute atomic E-state index is 0.296. The summed E-state index contributed by atoms with van der Waals surface area (Å²) in [6.45, 7) is 17.0. The Hall–Kier alpha value is -0.123. The molecule has 88 valence electrons. The molecule has 1 saturated heterocycles. The molecule has 0 radical (unpaired) electrons. The topological polar surface area (TPSA) is 21.8 Å². The fourth-order valence-electron chi connectivity index (χ4n) is 1.10. The predicted octanol–water partition coefficient (Wildman–Crippen LogP) is 3.35. The minimum Gasteiger partial charge on any atom is -0.417 e. The number of hydrogen-bond donors (Lipinski definition) is 0. The van der Waals surface area contributed by atoms with E-state index < -0.39 is 8.32 Å².